The summed E-state index contributed by atoms with van der Waals surface area (Å²) in [7, 11) is 0. The molecule has 3 rings (SSSR count). The summed E-state index contributed by atoms with van der Waals surface area (Å²) in [5, 5.41) is 0. The molecule has 1 heterocycles. The Morgan fingerprint density at radius 1 is 1.05 bits per heavy atom. The Hall–Kier alpha value is -0.830. The van der Waals surface area contributed by atoms with Gasteiger partial charge in [0, 0.05) is 4.47 Å². The van der Waals surface area contributed by atoms with Gasteiger partial charge in [0.05, 0.1) is 12.0 Å². The van der Waals surface area contributed by atoms with Gasteiger partial charge in [-0.1, -0.05) is 35.2 Å². The summed E-state index contributed by atoms with van der Waals surface area (Å²) in [6.45, 7) is 0. The highest BCUT2D eigenvalue weighted by Gasteiger charge is 2.40. The number of carbonyl (C=O) groups excluding carboxylic acids is 1. The van der Waals surface area contributed by atoms with Crippen molar-refractivity contribution in [1.82, 2.24) is 0 Å². The Balaban J connectivity index is 1.90. The third-order valence-corrected chi connectivity index (χ3v) is 4.81. The Morgan fingerprint density at radius 3 is 2.47 bits per heavy atom. The largest absolute Gasteiger partial charge is 0.486 e. The lowest BCUT2D eigenvalue weighted by atomic mass is 9.80. The molecule has 0 radical (unpaired) electrons. The smallest absolute Gasteiger partial charge is 0.170 e. The number of Topliss-reactive ketones (excluding diaryl/α,β-unsaturated/α-hetero) is 1. The first-order chi connectivity index (χ1) is 9.19. The van der Waals surface area contributed by atoms with Crippen LogP contribution >= 0.6 is 15.9 Å². The van der Waals surface area contributed by atoms with Crippen LogP contribution in [0.5, 0.6) is 5.75 Å². The van der Waals surface area contributed by atoms with Gasteiger partial charge in [0.2, 0.25) is 0 Å². The molecule has 1 aliphatic heterocycles. The molecule has 1 fully saturated rings. The van der Waals surface area contributed by atoms with Crippen molar-refractivity contribution in [3.63, 3.8) is 0 Å². The molecule has 1 aliphatic carbocycles. The number of halogens is 1. The molecule has 1 aromatic carbocycles. The van der Waals surface area contributed by atoms with E-state index in [0.29, 0.717) is 6.42 Å². The second-order valence-corrected chi connectivity index (χ2v) is 6.71. The molecule has 1 saturated carbocycles. The highest BCUT2D eigenvalue weighted by atomic mass is 79.9. The van der Waals surface area contributed by atoms with Gasteiger partial charge < -0.3 is 4.74 Å². The second kappa shape index (κ2) is 5.28. The summed E-state index contributed by atoms with van der Waals surface area (Å²) in [4.78, 5) is 12.4. The average molecular weight is 323 g/mol. The lowest BCUT2D eigenvalue weighted by Gasteiger charge is -2.39. The molecule has 2 aliphatic rings. The van der Waals surface area contributed by atoms with Gasteiger partial charge in [-0.25, -0.2) is 0 Å². The van der Waals surface area contributed by atoms with Crippen molar-refractivity contribution in [3.05, 3.63) is 28.2 Å². The van der Waals surface area contributed by atoms with Gasteiger partial charge >= 0.3 is 0 Å². The fourth-order valence-corrected chi connectivity index (χ4v) is 3.66. The van der Waals surface area contributed by atoms with Gasteiger partial charge in [-0.2, -0.15) is 0 Å². The third kappa shape index (κ3) is 2.71. The van der Waals surface area contributed by atoms with E-state index in [9.17, 15) is 4.79 Å². The lowest BCUT2D eigenvalue weighted by molar-refractivity contribution is 0.0215. The predicted molar refractivity (Wildman–Crippen MR) is 78.8 cm³/mol. The lowest BCUT2D eigenvalue weighted by Crippen LogP contribution is -2.42. The van der Waals surface area contributed by atoms with Crippen LogP contribution in [0.2, 0.25) is 0 Å². The summed E-state index contributed by atoms with van der Waals surface area (Å²) >= 11 is 3.42. The van der Waals surface area contributed by atoms with E-state index in [4.69, 9.17) is 4.74 Å². The molecule has 102 valence electrons. The van der Waals surface area contributed by atoms with Crippen LogP contribution < -0.4 is 4.74 Å². The molecular formula is C16H19BrO2. The first-order valence-electron chi connectivity index (χ1n) is 7.20. The van der Waals surface area contributed by atoms with Crippen molar-refractivity contribution >= 4 is 21.7 Å². The number of hydrogen-bond acceptors (Lipinski definition) is 2. The third-order valence-electron chi connectivity index (χ3n) is 4.32. The fourth-order valence-electron chi connectivity index (χ4n) is 3.29. The quantitative estimate of drug-likeness (QED) is 0.679. The molecule has 3 heteroatoms. The summed E-state index contributed by atoms with van der Waals surface area (Å²) < 4.78 is 7.22. The van der Waals surface area contributed by atoms with E-state index in [1.54, 1.807) is 0 Å². The van der Waals surface area contributed by atoms with Crippen LogP contribution in [-0.2, 0) is 0 Å². The Bertz CT molecular complexity index is 488. The van der Waals surface area contributed by atoms with Crippen LogP contribution in [0.3, 0.4) is 0 Å². The Labute approximate surface area is 122 Å². The van der Waals surface area contributed by atoms with E-state index in [0.717, 1.165) is 28.6 Å². The summed E-state index contributed by atoms with van der Waals surface area (Å²) in [5.41, 5.74) is 0.514. The van der Waals surface area contributed by atoms with E-state index in [1.807, 2.05) is 18.2 Å². The first-order valence-corrected chi connectivity index (χ1v) is 8.00. The van der Waals surface area contributed by atoms with E-state index in [1.165, 1.54) is 32.1 Å². The second-order valence-electron chi connectivity index (χ2n) is 5.79. The minimum atomic E-state index is -0.224. The van der Waals surface area contributed by atoms with E-state index >= 15 is 0 Å². The number of rotatable bonds is 0. The molecule has 1 spiro atoms. The van der Waals surface area contributed by atoms with Crippen LogP contribution in [0.15, 0.2) is 22.7 Å². The number of fused-ring (bicyclic) bond motifs is 1. The maximum Gasteiger partial charge on any atom is 0.170 e. The molecule has 0 aromatic heterocycles. The van der Waals surface area contributed by atoms with Crippen molar-refractivity contribution in [1.29, 1.82) is 0 Å². The first kappa shape index (κ1) is 13.2. The van der Waals surface area contributed by atoms with Crippen molar-refractivity contribution in [3.8, 4) is 5.75 Å². The molecule has 0 bridgehead atoms. The van der Waals surface area contributed by atoms with Gasteiger partial charge in [0.1, 0.15) is 11.4 Å². The maximum absolute atomic E-state index is 12.4. The minimum Gasteiger partial charge on any atom is -0.486 e. The Morgan fingerprint density at radius 2 is 1.74 bits per heavy atom. The average Bonchev–Trinajstić information content (AvgIpc) is 2.36. The number of benzene rings is 1. The van der Waals surface area contributed by atoms with Gasteiger partial charge in [0.25, 0.3) is 0 Å². The molecule has 0 unspecified atom stereocenters. The molecular weight excluding hydrogens is 304 g/mol. The van der Waals surface area contributed by atoms with Gasteiger partial charge in [-0.15, -0.1) is 0 Å². The number of ketones is 1. The van der Waals surface area contributed by atoms with Gasteiger partial charge in [0.15, 0.2) is 5.78 Å². The van der Waals surface area contributed by atoms with E-state index in [-0.39, 0.29) is 11.4 Å². The van der Waals surface area contributed by atoms with Crippen LogP contribution in [-0.4, -0.2) is 11.4 Å². The van der Waals surface area contributed by atoms with Crippen molar-refractivity contribution in [2.45, 2.75) is 57.0 Å². The standard InChI is InChI=1S/C16H19BrO2/c17-12-6-7-15-13(10-12)14(18)11-16(19-15)8-4-2-1-3-5-9-16/h6-7,10H,1-5,8-9,11H2. The summed E-state index contributed by atoms with van der Waals surface area (Å²) in [6, 6.07) is 5.76. The zero-order valence-corrected chi connectivity index (χ0v) is 12.7. The highest BCUT2D eigenvalue weighted by Crippen LogP contribution is 2.41. The normalized spacial score (nSPS) is 22.3. The molecule has 2 nitrogen and oxygen atoms in total. The van der Waals surface area contributed by atoms with E-state index in [2.05, 4.69) is 15.9 Å². The minimum absolute atomic E-state index is 0.224. The fraction of sp³-hybridized carbons (Fsp3) is 0.562. The zero-order chi connectivity index (χ0) is 13.3. The zero-order valence-electron chi connectivity index (χ0n) is 11.1. The molecule has 1 aromatic rings. The summed E-state index contributed by atoms with van der Waals surface area (Å²) in [6.07, 6.45) is 8.82. The number of ether oxygens (including phenoxy) is 1. The SMILES string of the molecule is O=C1CC2(CCCCCCC2)Oc2ccc(Br)cc21. The molecule has 0 saturated heterocycles. The molecule has 0 atom stereocenters. The van der Waals surface area contributed by atoms with Crippen LogP contribution in [0.25, 0.3) is 0 Å². The predicted octanol–water partition coefficient (Wildman–Crippen LogP) is 4.90. The van der Waals surface area contributed by atoms with Gasteiger partial charge in [-0.05, 0) is 43.9 Å². The Kier molecular flexibility index (Phi) is 3.66. The number of carbonyl (C=O) groups is 1. The molecule has 19 heavy (non-hydrogen) atoms. The maximum atomic E-state index is 12.4. The monoisotopic (exact) mass is 322 g/mol. The topological polar surface area (TPSA) is 26.3 Å². The van der Waals surface area contributed by atoms with Crippen LogP contribution in [0.1, 0.15) is 61.7 Å². The highest BCUT2D eigenvalue weighted by molar-refractivity contribution is 9.10. The molecule has 0 N–H and O–H groups in total. The van der Waals surface area contributed by atoms with Crippen molar-refractivity contribution in [2.75, 3.05) is 0 Å². The molecule has 0 amide bonds. The van der Waals surface area contributed by atoms with Gasteiger partial charge in [-0.3, -0.25) is 4.79 Å². The summed E-state index contributed by atoms with van der Waals surface area (Å²) in [5.74, 6) is 1.02. The van der Waals surface area contributed by atoms with Crippen molar-refractivity contribution < 1.29 is 9.53 Å². The van der Waals surface area contributed by atoms with Crippen molar-refractivity contribution in [2.24, 2.45) is 0 Å². The van der Waals surface area contributed by atoms with Crippen LogP contribution in [0, 0.1) is 0 Å². The number of hydrogen-bond donors (Lipinski definition) is 0. The van der Waals surface area contributed by atoms with Crippen LogP contribution in [0.4, 0.5) is 0 Å². The van der Waals surface area contributed by atoms with E-state index < -0.39 is 0 Å².